The summed E-state index contributed by atoms with van der Waals surface area (Å²) in [5.74, 6) is 0. The number of benzene rings is 1. The summed E-state index contributed by atoms with van der Waals surface area (Å²) in [6.45, 7) is 0.0800. The van der Waals surface area contributed by atoms with Crippen LogP contribution in [0.2, 0.25) is 0 Å². The van der Waals surface area contributed by atoms with Gasteiger partial charge in [-0.1, -0.05) is 30.3 Å². The molecule has 0 spiro atoms. The Labute approximate surface area is 87.0 Å². The maximum atomic E-state index is 10.9. The smallest absolute Gasteiger partial charge is 0.429 e. The number of amides is 1. The molecule has 0 bridgehead atoms. The standard InChI is InChI=1S/C10H11NO4/c1-11-9(12)15-10(13)14-7-8-5-3-2-4-6-8/h2-6H,7H2,1H3,(H,11,12). The van der Waals surface area contributed by atoms with E-state index in [1.807, 2.05) is 18.2 Å². The van der Waals surface area contributed by atoms with Gasteiger partial charge in [0.05, 0.1) is 0 Å². The van der Waals surface area contributed by atoms with Gasteiger partial charge in [-0.25, -0.2) is 9.59 Å². The zero-order valence-electron chi connectivity index (χ0n) is 8.23. The largest absolute Gasteiger partial charge is 0.517 e. The van der Waals surface area contributed by atoms with Gasteiger partial charge in [-0.05, 0) is 5.56 Å². The van der Waals surface area contributed by atoms with Crippen molar-refractivity contribution in [2.45, 2.75) is 6.61 Å². The summed E-state index contributed by atoms with van der Waals surface area (Å²) in [5.41, 5.74) is 0.825. The highest BCUT2D eigenvalue weighted by Gasteiger charge is 2.09. The van der Waals surface area contributed by atoms with Crippen molar-refractivity contribution in [3.63, 3.8) is 0 Å². The van der Waals surface area contributed by atoms with Crippen LogP contribution < -0.4 is 5.32 Å². The molecule has 5 heteroatoms. The van der Waals surface area contributed by atoms with E-state index < -0.39 is 12.2 Å². The van der Waals surface area contributed by atoms with Crippen LogP contribution in [0, 0.1) is 0 Å². The Morgan fingerprint density at radius 3 is 2.53 bits per heavy atom. The van der Waals surface area contributed by atoms with Gasteiger partial charge in [0, 0.05) is 7.05 Å². The van der Waals surface area contributed by atoms with E-state index in [1.54, 1.807) is 12.1 Å². The highest BCUT2D eigenvalue weighted by Crippen LogP contribution is 2.01. The number of alkyl carbamates (subject to hydrolysis) is 1. The molecule has 0 aromatic heterocycles. The number of ether oxygens (including phenoxy) is 2. The van der Waals surface area contributed by atoms with Gasteiger partial charge < -0.3 is 14.8 Å². The number of carbonyl (C=O) groups excluding carboxylic acids is 2. The fourth-order valence-electron chi connectivity index (χ4n) is 0.873. The number of carbonyl (C=O) groups is 2. The van der Waals surface area contributed by atoms with Crippen molar-refractivity contribution in [2.75, 3.05) is 7.05 Å². The Balaban J connectivity index is 2.32. The lowest BCUT2D eigenvalue weighted by molar-refractivity contribution is 0.0704. The molecule has 1 amide bonds. The van der Waals surface area contributed by atoms with Crippen LogP contribution in [-0.4, -0.2) is 19.3 Å². The van der Waals surface area contributed by atoms with Crippen LogP contribution >= 0.6 is 0 Å². The van der Waals surface area contributed by atoms with Gasteiger partial charge in [-0.15, -0.1) is 0 Å². The molecule has 0 unspecified atom stereocenters. The lowest BCUT2D eigenvalue weighted by Gasteiger charge is -2.03. The highest BCUT2D eigenvalue weighted by molar-refractivity contribution is 5.80. The zero-order chi connectivity index (χ0) is 11.1. The van der Waals surface area contributed by atoms with Gasteiger partial charge in [0.2, 0.25) is 0 Å². The second kappa shape index (κ2) is 5.64. The summed E-state index contributed by atoms with van der Waals surface area (Å²) in [6, 6.07) is 9.10. The minimum absolute atomic E-state index is 0.0800. The summed E-state index contributed by atoms with van der Waals surface area (Å²) >= 11 is 0. The maximum Gasteiger partial charge on any atom is 0.517 e. The van der Waals surface area contributed by atoms with Crippen LogP contribution in [0.1, 0.15) is 5.56 Å². The van der Waals surface area contributed by atoms with Crippen molar-refractivity contribution in [1.29, 1.82) is 0 Å². The normalized spacial score (nSPS) is 9.13. The quantitative estimate of drug-likeness (QED) is 0.594. The van der Waals surface area contributed by atoms with Crippen LogP contribution in [0.4, 0.5) is 9.59 Å². The molecule has 15 heavy (non-hydrogen) atoms. The summed E-state index contributed by atoms with van der Waals surface area (Å²) < 4.78 is 8.89. The third kappa shape index (κ3) is 4.12. The number of rotatable bonds is 2. The molecule has 0 atom stereocenters. The van der Waals surface area contributed by atoms with E-state index in [0.717, 1.165) is 5.56 Å². The lowest BCUT2D eigenvalue weighted by Crippen LogP contribution is -2.23. The molecule has 0 fully saturated rings. The van der Waals surface area contributed by atoms with E-state index in [-0.39, 0.29) is 6.61 Å². The molecule has 5 nitrogen and oxygen atoms in total. The lowest BCUT2D eigenvalue weighted by atomic mass is 10.2. The fraction of sp³-hybridized carbons (Fsp3) is 0.200. The van der Waals surface area contributed by atoms with Gasteiger partial charge in [0.1, 0.15) is 6.61 Å². The summed E-state index contributed by atoms with van der Waals surface area (Å²) in [7, 11) is 1.35. The summed E-state index contributed by atoms with van der Waals surface area (Å²) in [4.78, 5) is 21.5. The number of hydrogen-bond donors (Lipinski definition) is 1. The second-order valence-corrected chi connectivity index (χ2v) is 2.66. The second-order valence-electron chi connectivity index (χ2n) is 2.66. The predicted molar refractivity (Wildman–Crippen MR) is 52.2 cm³/mol. The van der Waals surface area contributed by atoms with E-state index in [0.29, 0.717) is 0 Å². The number of hydrogen-bond acceptors (Lipinski definition) is 4. The van der Waals surface area contributed by atoms with Crippen molar-refractivity contribution < 1.29 is 19.1 Å². The van der Waals surface area contributed by atoms with Gasteiger partial charge >= 0.3 is 12.2 Å². The SMILES string of the molecule is CNC(=O)OC(=O)OCc1ccccc1. The van der Waals surface area contributed by atoms with Crippen LogP contribution in [0.3, 0.4) is 0 Å². The molecule has 0 aliphatic carbocycles. The van der Waals surface area contributed by atoms with Crippen molar-refractivity contribution in [3.05, 3.63) is 35.9 Å². The molecule has 80 valence electrons. The Morgan fingerprint density at radius 2 is 1.93 bits per heavy atom. The molecule has 0 saturated heterocycles. The minimum Gasteiger partial charge on any atom is -0.429 e. The Kier molecular flexibility index (Phi) is 4.15. The molecule has 0 aliphatic rings. The van der Waals surface area contributed by atoms with Crippen molar-refractivity contribution in [2.24, 2.45) is 0 Å². The van der Waals surface area contributed by atoms with E-state index >= 15 is 0 Å². The molecule has 1 aromatic rings. The van der Waals surface area contributed by atoms with Gasteiger partial charge in [0.15, 0.2) is 0 Å². The molecule has 0 aliphatic heterocycles. The minimum atomic E-state index is -1.02. The molecular weight excluding hydrogens is 198 g/mol. The van der Waals surface area contributed by atoms with Crippen LogP contribution in [0.5, 0.6) is 0 Å². The zero-order valence-corrected chi connectivity index (χ0v) is 8.23. The van der Waals surface area contributed by atoms with Gasteiger partial charge in [0.25, 0.3) is 0 Å². The average molecular weight is 209 g/mol. The van der Waals surface area contributed by atoms with Crippen LogP contribution in [0.15, 0.2) is 30.3 Å². The summed E-state index contributed by atoms with van der Waals surface area (Å²) in [6.07, 6.45) is -1.86. The third-order valence-electron chi connectivity index (χ3n) is 1.58. The van der Waals surface area contributed by atoms with E-state index in [1.165, 1.54) is 7.05 Å². The molecular formula is C10H11NO4. The van der Waals surface area contributed by atoms with E-state index in [9.17, 15) is 9.59 Å². The first-order valence-electron chi connectivity index (χ1n) is 4.32. The molecule has 1 N–H and O–H groups in total. The molecule has 1 aromatic carbocycles. The Bertz CT molecular complexity index is 337. The first kappa shape index (κ1) is 11.0. The predicted octanol–water partition coefficient (Wildman–Crippen LogP) is 1.68. The highest BCUT2D eigenvalue weighted by atomic mass is 16.7. The average Bonchev–Trinajstić information content (AvgIpc) is 2.27. The van der Waals surface area contributed by atoms with Crippen molar-refractivity contribution in [3.8, 4) is 0 Å². The monoisotopic (exact) mass is 209 g/mol. The molecule has 1 rings (SSSR count). The van der Waals surface area contributed by atoms with Gasteiger partial charge in [-0.2, -0.15) is 0 Å². The van der Waals surface area contributed by atoms with E-state index in [2.05, 4.69) is 14.8 Å². The molecule has 0 heterocycles. The van der Waals surface area contributed by atoms with Crippen molar-refractivity contribution in [1.82, 2.24) is 5.32 Å². The maximum absolute atomic E-state index is 10.9. The first-order valence-corrected chi connectivity index (χ1v) is 4.32. The Morgan fingerprint density at radius 1 is 1.27 bits per heavy atom. The van der Waals surface area contributed by atoms with Crippen LogP contribution in [-0.2, 0) is 16.1 Å². The summed E-state index contributed by atoms with van der Waals surface area (Å²) in [5, 5.41) is 2.13. The van der Waals surface area contributed by atoms with Gasteiger partial charge in [-0.3, -0.25) is 0 Å². The molecule has 0 radical (unpaired) electrons. The third-order valence-corrected chi connectivity index (χ3v) is 1.58. The Hall–Kier alpha value is -2.04. The first-order chi connectivity index (χ1) is 7.22. The fourth-order valence-corrected chi connectivity index (χ4v) is 0.873. The number of nitrogens with one attached hydrogen (secondary N) is 1. The van der Waals surface area contributed by atoms with Crippen LogP contribution in [0.25, 0.3) is 0 Å². The molecule has 0 saturated carbocycles. The van der Waals surface area contributed by atoms with E-state index in [4.69, 9.17) is 0 Å². The van der Waals surface area contributed by atoms with Crippen molar-refractivity contribution >= 4 is 12.2 Å². The topological polar surface area (TPSA) is 64.6 Å².